The lowest BCUT2D eigenvalue weighted by Crippen LogP contribution is -2.18. The molecule has 2 rings (SSSR count). The summed E-state index contributed by atoms with van der Waals surface area (Å²) in [4.78, 5) is 0. The lowest BCUT2D eigenvalue weighted by molar-refractivity contribution is 0.335. The summed E-state index contributed by atoms with van der Waals surface area (Å²) in [6.45, 7) is 5.34. The zero-order valence-corrected chi connectivity index (χ0v) is 11.9. The van der Waals surface area contributed by atoms with E-state index in [1.165, 1.54) is 6.07 Å². The van der Waals surface area contributed by atoms with E-state index in [2.05, 4.69) is 5.32 Å². The topological polar surface area (TPSA) is 21.3 Å². The average Bonchev–Trinajstić information content (AvgIpc) is 2.46. The maximum absolute atomic E-state index is 13.2. The van der Waals surface area contributed by atoms with Crippen molar-refractivity contribution in [3.05, 3.63) is 65.5 Å². The second kappa shape index (κ2) is 7.06. The maximum Gasteiger partial charge on any atom is 0.123 e. The first kappa shape index (κ1) is 14.5. The third-order valence-electron chi connectivity index (χ3n) is 3.22. The molecule has 0 aliphatic rings. The predicted octanol–water partition coefficient (Wildman–Crippen LogP) is 4.08. The lowest BCUT2D eigenvalue weighted by Gasteiger charge is -2.16. The highest BCUT2D eigenvalue weighted by Gasteiger charge is 2.08. The van der Waals surface area contributed by atoms with Gasteiger partial charge in [-0.05, 0) is 37.6 Å². The molecule has 0 bridgehead atoms. The van der Waals surface area contributed by atoms with E-state index >= 15 is 0 Å². The Bertz CT molecular complexity index is 556. The van der Waals surface area contributed by atoms with Gasteiger partial charge in [-0.3, -0.25) is 0 Å². The fourth-order valence-electron chi connectivity index (χ4n) is 2.10. The van der Waals surface area contributed by atoms with Gasteiger partial charge in [-0.1, -0.05) is 30.3 Å². The molecule has 0 saturated heterocycles. The van der Waals surface area contributed by atoms with Crippen molar-refractivity contribution in [1.29, 1.82) is 0 Å². The Morgan fingerprint density at radius 1 is 1.15 bits per heavy atom. The Balaban J connectivity index is 2.01. The van der Waals surface area contributed by atoms with Crippen LogP contribution in [0.25, 0.3) is 0 Å². The van der Waals surface area contributed by atoms with Crippen LogP contribution in [0.3, 0.4) is 0 Å². The van der Waals surface area contributed by atoms with Gasteiger partial charge >= 0.3 is 0 Å². The van der Waals surface area contributed by atoms with Gasteiger partial charge < -0.3 is 10.1 Å². The van der Waals surface area contributed by atoms with Crippen LogP contribution in [-0.4, -0.2) is 6.61 Å². The highest BCUT2D eigenvalue weighted by Crippen LogP contribution is 2.20. The molecule has 1 N–H and O–H groups in total. The van der Waals surface area contributed by atoms with E-state index in [4.69, 9.17) is 4.74 Å². The SMILES string of the molecule is CCOc1ccccc1CNC(C)c1cccc(F)c1. The quantitative estimate of drug-likeness (QED) is 0.856. The number of halogens is 1. The summed E-state index contributed by atoms with van der Waals surface area (Å²) < 4.78 is 18.8. The maximum atomic E-state index is 13.2. The molecule has 0 aliphatic heterocycles. The molecule has 2 nitrogen and oxygen atoms in total. The molecule has 0 spiro atoms. The molecule has 1 unspecified atom stereocenters. The highest BCUT2D eigenvalue weighted by molar-refractivity contribution is 5.33. The second-order valence-electron chi connectivity index (χ2n) is 4.70. The Hall–Kier alpha value is -1.87. The van der Waals surface area contributed by atoms with Crippen LogP contribution >= 0.6 is 0 Å². The fraction of sp³-hybridized carbons (Fsp3) is 0.294. The molecule has 2 aromatic carbocycles. The summed E-state index contributed by atoms with van der Waals surface area (Å²) in [5, 5.41) is 3.39. The number of hydrogen-bond donors (Lipinski definition) is 1. The molecule has 106 valence electrons. The standard InChI is InChI=1S/C17H20FNO/c1-3-20-17-10-5-4-7-15(17)12-19-13(2)14-8-6-9-16(18)11-14/h4-11,13,19H,3,12H2,1-2H3. The van der Waals surface area contributed by atoms with E-state index < -0.39 is 0 Å². The summed E-state index contributed by atoms with van der Waals surface area (Å²) in [6.07, 6.45) is 0. The highest BCUT2D eigenvalue weighted by atomic mass is 19.1. The van der Waals surface area contributed by atoms with Gasteiger partial charge in [0.25, 0.3) is 0 Å². The Kier molecular flexibility index (Phi) is 5.13. The fourth-order valence-corrected chi connectivity index (χ4v) is 2.10. The van der Waals surface area contributed by atoms with Gasteiger partial charge in [0.05, 0.1) is 6.61 Å². The third-order valence-corrected chi connectivity index (χ3v) is 3.22. The van der Waals surface area contributed by atoms with Gasteiger partial charge in [0, 0.05) is 18.2 Å². The first-order valence-corrected chi connectivity index (χ1v) is 6.90. The average molecular weight is 273 g/mol. The molecular weight excluding hydrogens is 253 g/mol. The van der Waals surface area contributed by atoms with Crippen molar-refractivity contribution >= 4 is 0 Å². The van der Waals surface area contributed by atoms with Crippen molar-refractivity contribution in [2.45, 2.75) is 26.4 Å². The largest absolute Gasteiger partial charge is 0.494 e. The summed E-state index contributed by atoms with van der Waals surface area (Å²) in [7, 11) is 0. The molecule has 0 fully saturated rings. The first-order valence-electron chi connectivity index (χ1n) is 6.90. The number of hydrogen-bond acceptors (Lipinski definition) is 2. The van der Waals surface area contributed by atoms with Gasteiger partial charge in [0.15, 0.2) is 0 Å². The van der Waals surface area contributed by atoms with Crippen molar-refractivity contribution in [1.82, 2.24) is 5.32 Å². The van der Waals surface area contributed by atoms with Crippen molar-refractivity contribution in [3.8, 4) is 5.75 Å². The minimum absolute atomic E-state index is 0.0837. The van der Waals surface area contributed by atoms with E-state index in [-0.39, 0.29) is 11.9 Å². The Morgan fingerprint density at radius 3 is 2.70 bits per heavy atom. The zero-order chi connectivity index (χ0) is 14.4. The first-order chi connectivity index (χ1) is 9.70. The lowest BCUT2D eigenvalue weighted by atomic mass is 10.1. The minimum Gasteiger partial charge on any atom is -0.494 e. The number of benzene rings is 2. The van der Waals surface area contributed by atoms with Crippen LogP contribution in [0.15, 0.2) is 48.5 Å². The molecule has 0 saturated carbocycles. The van der Waals surface area contributed by atoms with Gasteiger partial charge in [0.2, 0.25) is 0 Å². The molecule has 1 atom stereocenters. The summed E-state index contributed by atoms with van der Waals surface area (Å²) >= 11 is 0. The van der Waals surface area contributed by atoms with Crippen molar-refractivity contribution in [2.24, 2.45) is 0 Å². The smallest absolute Gasteiger partial charge is 0.123 e. The number of rotatable bonds is 6. The molecular formula is C17H20FNO. The molecule has 0 radical (unpaired) electrons. The van der Waals surface area contributed by atoms with Gasteiger partial charge in [-0.2, -0.15) is 0 Å². The van der Waals surface area contributed by atoms with Crippen molar-refractivity contribution < 1.29 is 9.13 Å². The molecule has 0 heterocycles. The van der Waals surface area contributed by atoms with Crippen LogP contribution in [0.2, 0.25) is 0 Å². The van der Waals surface area contributed by atoms with Crippen LogP contribution in [-0.2, 0) is 6.54 Å². The third kappa shape index (κ3) is 3.81. The van der Waals surface area contributed by atoms with E-state index in [0.29, 0.717) is 13.2 Å². The second-order valence-corrected chi connectivity index (χ2v) is 4.70. The van der Waals surface area contributed by atoms with E-state index in [0.717, 1.165) is 16.9 Å². The molecule has 20 heavy (non-hydrogen) atoms. The molecule has 3 heteroatoms. The molecule has 0 aromatic heterocycles. The number of ether oxygens (including phenoxy) is 1. The van der Waals surface area contributed by atoms with Crippen LogP contribution < -0.4 is 10.1 Å². The number of para-hydroxylation sites is 1. The van der Waals surface area contributed by atoms with Crippen LogP contribution in [0.4, 0.5) is 4.39 Å². The van der Waals surface area contributed by atoms with E-state index in [1.807, 2.05) is 44.2 Å². The minimum atomic E-state index is -0.203. The van der Waals surface area contributed by atoms with E-state index in [9.17, 15) is 4.39 Å². The summed E-state index contributed by atoms with van der Waals surface area (Å²) in [5.74, 6) is 0.694. The van der Waals surface area contributed by atoms with Crippen LogP contribution in [0, 0.1) is 5.82 Å². The number of nitrogens with one attached hydrogen (secondary N) is 1. The van der Waals surface area contributed by atoms with Gasteiger partial charge in [0.1, 0.15) is 11.6 Å². The summed E-state index contributed by atoms with van der Waals surface area (Å²) in [6, 6.07) is 14.7. The molecule has 0 aliphatic carbocycles. The predicted molar refractivity (Wildman–Crippen MR) is 79.3 cm³/mol. The van der Waals surface area contributed by atoms with Crippen molar-refractivity contribution in [3.63, 3.8) is 0 Å². The van der Waals surface area contributed by atoms with Crippen LogP contribution in [0.1, 0.15) is 31.0 Å². The van der Waals surface area contributed by atoms with Gasteiger partial charge in [-0.15, -0.1) is 0 Å². The monoisotopic (exact) mass is 273 g/mol. The normalized spacial score (nSPS) is 12.2. The summed E-state index contributed by atoms with van der Waals surface area (Å²) in [5.41, 5.74) is 2.05. The van der Waals surface area contributed by atoms with Gasteiger partial charge in [-0.25, -0.2) is 4.39 Å². The van der Waals surface area contributed by atoms with Crippen molar-refractivity contribution in [2.75, 3.05) is 6.61 Å². The Labute approximate surface area is 119 Å². The molecule has 2 aromatic rings. The zero-order valence-electron chi connectivity index (χ0n) is 11.9. The van der Waals surface area contributed by atoms with E-state index in [1.54, 1.807) is 12.1 Å². The molecule has 0 amide bonds. The Morgan fingerprint density at radius 2 is 1.95 bits per heavy atom. The van der Waals surface area contributed by atoms with Crippen LogP contribution in [0.5, 0.6) is 5.75 Å².